The van der Waals surface area contributed by atoms with Crippen LogP contribution in [0.3, 0.4) is 0 Å². The molecule has 48 heavy (non-hydrogen) atoms. The van der Waals surface area contributed by atoms with Gasteiger partial charge in [-0.1, -0.05) is 19.9 Å². The number of likely N-dealkylation sites (tertiary alicyclic amines) is 1. The van der Waals surface area contributed by atoms with Gasteiger partial charge in [-0.15, -0.1) is 0 Å². The first kappa shape index (κ1) is 35.3. The van der Waals surface area contributed by atoms with Gasteiger partial charge in [0, 0.05) is 18.8 Å². The van der Waals surface area contributed by atoms with Gasteiger partial charge in [0.1, 0.15) is 11.9 Å². The van der Waals surface area contributed by atoms with Crippen LogP contribution < -0.4 is 10.9 Å². The summed E-state index contributed by atoms with van der Waals surface area (Å²) in [5.41, 5.74) is 3.87. The Kier molecular flexibility index (Phi) is 10.5. The summed E-state index contributed by atoms with van der Waals surface area (Å²) in [6.45, 7) is 9.34. The van der Waals surface area contributed by atoms with Crippen molar-refractivity contribution in [3.8, 4) is 11.1 Å². The standard InChI is InChI=1S/C37H43F4N3O4/c1-21(2)13-32(44-20-25(9-12-43-10-6-11-43)30(18-33(44)45)37(39,40)41)36(48)42-31(19-34(46)47)26-16-24-7-5-8-28(24)29(17-26)35-22(3)14-27(38)15-23(35)4/h14-18,20-21,31-32H,5-13,19H2,1-4H3,(H,42,48)(H,46,47)/t31-,32+/m0/s1. The summed E-state index contributed by atoms with van der Waals surface area (Å²) in [4.78, 5) is 41.6. The second-order valence-electron chi connectivity index (χ2n) is 13.7. The normalized spacial score (nSPS) is 16.0. The highest BCUT2D eigenvalue weighted by Crippen LogP contribution is 2.39. The summed E-state index contributed by atoms with van der Waals surface area (Å²) >= 11 is 0. The van der Waals surface area contributed by atoms with E-state index in [1.54, 1.807) is 0 Å². The van der Waals surface area contributed by atoms with Gasteiger partial charge in [0.25, 0.3) is 5.56 Å². The van der Waals surface area contributed by atoms with Gasteiger partial charge in [0.05, 0.1) is 18.0 Å². The number of carbonyl (C=O) groups excluding carboxylic acids is 1. The minimum atomic E-state index is -4.74. The number of carboxylic acids is 1. The number of aromatic nitrogens is 1. The summed E-state index contributed by atoms with van der Waals surface area (Å²) < 4.78 is 57.4. The molecule has 1 amide bonds. The SMILES string of the molecule is Cc1cc(F)cc(C)c1-c1cc([C@H](CC(=O)O)NC(=O)[C@@H](CC(C)C)n2cc(CCN3CCC3)c(C(F)(F)F)cc2=O)cc2c1CCC2. The maximum Gasteiger partial charge on any atom is 0.416 e. The van der Waals surface area contributed by atoms with Gasteiger partial charge >= 0.3 is 12.1 Å². The Bertz CT molecular complexity index is 1740. The molecule has 0 radical (unpaired) electrons. The number of aryl methyl sites for hydroxylation is 3. The molecule has 11 heteroatoms. The van der Waals surface area contributed by atoms with Crippen LogP contribution in [0.15, 0.2) is 41.3 Å². The largest absolute Gasteiger partial charge is 0.481 e. The minimum Gasteiger partial charge on any atom is -0.481 e. The lowest BCUT2D eigenvalue weighted by Crippen LogP contribution is -2.41. The molecule has 0 unspecified atom stereocenters. The van der Waals surface area contributed by atoms with Crippen LogP contribution in [-0.2, 0) is 35.0 Å². The molecule has 1 aromatic heterocycles. The number of rotatable bonds is 12. The number of aliphatic carboxylic acids is 1. The fourth-order valence-electron chi connectivity index (χ4n) is 7.16. The number of pyridine rings is 1. The van der Waals surface area contributed by atoms with Crippen molar-refractivity contribution < 1.29 is 32.3 Å². The predicted molar refractivity (Wildman–Crippen MR) is 175 cm³/mol. The molecule has 2 aliphatic rings. The molecule has 1 saturated heterocycles. The number of nitrogens with zero attached hydrogens (tertiary/aromatic N) is 2. The summed E-state index contributed by atoms with van der Waals surface area (Å²) in [6.07, 6.45) is -0.371. The molecule has 258 valence electrons. The summed E-state index contributed by atoms with van der Waals surface area (Å²) in [7, 11) is 0. The number of hydrogen-bond donors (Lipinski definition) is 2. The zero-order chi connectivity index (χ0) is 34.9. The average molecular weight is 670 g/mol. The monoisotopic (exact) mass is 669 g/mol. The van der Waals surface area contributed by atoms with E-state index in [2.05, 4.69) is 5.32 Å². The van der Waals surface area contributed by atoms with Crippen molar-refractivity contribution in [3.63, 3.8) is 0 Å². The summed E-state index contributed by atoms with van der Waals surface area (Å²) in [5, 5.41) is 12.8. The van der Waals surface area contributed by atoms with Crippen LogP contribution in [0.2, 0.25) is 0 Å². The second kappa shape index (κ2) is 14.2. The van der Waals surface area contributed by atoms with E-state index in [1.165, 1.54) is 12.1 Å². The van der Waals surface area contributed by atoms with Crippen molar-refractivity contribution in [2.75, 3.05) is 19.6 Å². The Hall–Kier alpha value is -3.99. The Morgan fingerprint density at radius 3 is 2.27 bits per heavy atom. The van der Waals surface area contributed by atoms with Gasteiger partial charge in [-0.3, -0.25) is 14.4 Å². The van der Waals surface area contributed by atoms with Crippen LogP contribution in [0.25, 0.3) is 11.1 Å². The molecule has 2 aromatic carbocycles. The maximum atomic E-state index is 14.2. The number of carboxylic acid groups (broad SMARTS) is 1. The third-order valence-electron chi connectivity index (χ3n) is 9.55. The third-order valence-corrected chi connectivity index (χ3v) is 9.55. The van der Waals surface area contributed by atoms with E-state index in [1.807, 2.05) is 44.7 Å². The van der Waals surface area contributed by atoms with E-state index in [0.29, 0.717) is 18.2 Å². The van der Waals surface area contributed by atoms with Crippen molar-refractivity contribution in [2.24, 2.45) is 5.92 Å². The van der Waals surface area contributed by atoms with E-state index >= 15 is 0 Å². The van der Waals surface area contributed by atoms with Crippen molar-refractivity contribution in [3.05, 3.63) is 91.6 Å². The molecule has 1 fully saturated rings. The molecule has 2 N–H and O–H groups in total. The van der Waals surface area contributed by atoms with Gasteiger partial charge in [0.2, 0.25) is 5.91 Å². The quantitative estimate of drug-likeness (QED) is 0.204. The van der Waals surface area contributed by atoms with E-state index < -0.39 is 47.7 Å². The smallest absolute Gasteiger partial charge is 0.416 e. The maximum absolute atomic E-state index is 14.2. The van der Waals surface area contributed by atoms with Gasteiger partial charge < -0.3 is 19.9 Å². The second-order valence-corrected chi connectivity index (χ2v) is 13.7. The first-order valence-electron chi connectivity index (χ1n) is 16.6. The number of carbonyl (C=O) groups is 2. The predicted octanol–water partition coefficient (Wildman–Crippen LogP) is 6.95. The Morgan fingerprint density at radius 1 is 1.00 bits per heavy atom. The van der Waals surface area contributed by atoms with Gasteiger partial charge in [-0.25, -0.2) is 4.39 Å². The van der Waals surface area contributed by atoms with Crippen molar-refractivity contribution in [2.45, 2.75) is 90.9 Å². The topological polar surface area (TPSA) is 91.6 Å². The van der Waals surface area contributed by atoms with Crippen molar-refractivity contribution in [1.29, 1.82) is 0 Å². The van der Waals surface area contributed by atoms with Crippen LogP contribution in [0, 0.1) is 25.6 Å². The number of benzene rings is 2. The highest BCUT2D eigenvalue weighted by molar-refractivity contribution is 5.82. The number of fused-ring (bicyclic) bond motifs is 1. The van der Waals surface area contributed by atoms with Gasteiger partial charge in [-0.05, 0) is 134 Å². The molecular formula is C37H43F4N3O4. The molecule has 1 aliphatic carbocycles. The lowest BCUT2D eigenvalue weighted by Gasteiger charge is -2.31. The van der Waals surface area contributed by atoms with Crippen molar-refractivity contribution in [1.82, 2.24) is 14.8 Å². The third kappa shape index (κ3) is 7.83. The molecule has 3 aromatic rings. The highest BCUT2D eigenvalue weighted by Gasteiger charge is 2.36. The van der Waals surface area contributed by atoms with Gasteiger partial charge in [-0.2, -0.15) is 13.2 Å². The lowest BCUT2D eigenvalue weighted by molar-refractivity contribution is -0.139. The Labute approximate surface area is 278 Å². The molecular weight excluding hydrogens is 626 g/mol. The fourth-order valence-corrected chi connectivity index (χ4v) is 7.16. The number of amides is 1. The number of alkyl halides is 3. The van der Waals surface area contributed by atoms with Crippen LogP contribution in [0.4, 0.5) is 17.6 Å². The molecule has 2 atom stereocenters. The molecule has 0 bridgehead atoms. The minimum absolute atomic E-state index is 0.0624. The molecule has 1 aliphatic heterocycles. The van der Waals surface area contributed by atoms with Crippen LogP contribution >= 0.6 is 0 Å². The van der Waals surface area contributed by atoms with E-state index in [0.717, 1.165) is 82.9 Å². The van der Waals surface area contributed by atoms with Crippen LogP contribution in [-0.4, -0.2) is 46.1 Å². The van der Waals surface area contributed by atoms with Crippen LogP contribution in [0.1, 0.15) is 90.6 Å². The molecule has 5 rings (SSSR count). The zero-order valence-electron chi connectivity index (χ0n) is 27.8. The molecule has 7 nitrogen and oxygen atoms in total. The lowest BCUT2D eigenvalue weighted by atomic mass is 9.87. The van der Waals surface area contributed by atoms with E-state index in [9.17, 15) is 37.1 Å². The number of halogens is 4. The number of nitrogens with one attached hydrogen (secondary N) is 1. The summed E-state index contributed by atoms with van der Waals surface area (Å²) in [5.74, 6) is -2.28. The van der Waals surface area contributed by atoms with E-state index in [-0.39, 0.29) is 30.1 Å². The number of hydrogen-bond acceptors (Lipinski definition) is 4. The first-order chi connectivity index (χ1) is 22.6. The zero-order valence-corrected chi connectivity index (χ0v) is 27.8. The highest BCUT2D eigenvalue weighted by atomic mass is 19.4. The Morgan fingerprint density at radius 2 is 1.69 bits per heavy atom. The average Bonchev–Trinajstić information content (AvgIpc) is 3.43. The fraction of sp³-hybridized carbons (Fsp3) is 0.486. The Balaban J connectivity index is 1.55. The molecule has 0 spiro atoms. The molecule has 2 heterocycles. The van der Waals surface area contributed by atoms with Gasteiger partial charge in [0.15, 0.2) is 0 Å². The van der Waals surface area contributed by atoms with E-state index in [4.69, 9.17) is 0 Å². The van der Waals surface area contributed by atoms with Crippen molar-refractivity contribution >= 4 is 11.9 Å². The summed E-state index contributed by atoms with van der Waals surface area (Å²) in [6, 6.07) is 5.10. The molecule has 0 saturated carbocycles. The van der Waals surface area contributed by atoms with Crippen LogP contribution in [0.5, 0.6) is 0 Å². The first-order valence-corrected chi connectivity index (χ1v) is 16.6.